The summed E-state index contributed by atoms with van der Waals surface area (Å²) in [4.78, 5) is 14.3. The van der Waals surface area contributed by atoms with Gasteiger partial charge in [0.1, 0.15) is 23.8 Å². The first-order valence-electron chi connectivity index (χ1n) is 7.13. The molecule has 0 saturated carbocycles. The standard InChI is InChI=1S/C16H14N2O6S/c1-25(21,22)18-15-13(24-10-5-3-2-4-6-10)7-12(20)14-11(17-9-19)8-23-16(14)15/h2-7,9,18,20H,8H2,1H3. The van der Waals surface area contributed by atoms with Gasteiger partial charge in [0.15, 0.2) is 11.5 Å². The zero-order chi connectivity index (χ0) is 18.0. The third-order valence-electron chi connectivity index (χ3n) is 3.33. The number of nitrogens with one attached hydrogen (secondary N) is 1. The number of anilines is 1. The molecule has 3 rings (SSSR count). The highest BCUT2D eigenvalue weighted by molar-refractivity contribution is 7.92. The molecule has 0 aliphatic carbocycles. The lowest BCUT2D eigenvalue weighted by Crippen LogP contribution is -2.11. The number of phenolic OH excluding ortho intramolecular Hbond substituents is 1. The molecule has 0 bridgehead atoms. The maximum absolute atomic E-state index is 11.7. The van der Waals surface area contributed by atoms with Crippen LogP contribution >= 0.6 is 0 Å². The molecule has 0 spiro atoms. The van der Waals surface area contributed by atoms with E-state index in [1.54, 1.807) is 30.3 Å². The normalized spacial score (nSPS) is 14.7. The summed E-state index contributed by atoms with van der Waals surface area (Å²) in [5.74, 6) is 0.313. The second-order valence-corrected chi connectivity index (χ2v) is 6.98. The number of carbonyl (C=O) groups is 1. The second kappa shape index (κ2) is 6.44. The van der Waals surface area contributed by atoms with Gasteiger partial charge in [-0.3, -0.25) is 9.52 Å². The van der Waals surface area contributed by atoms with E-state index in [1.807, 2.05) is 0 Å². The number of phenols is 1. The van der Waals surface area contributed by atoms with E-state index < -0.39 is 10.0 Å². The fraction of sp³-hybridized carbons (Fsp3) is 0.125. The van der Waals surface area contributed by atoms with Gasteiger partial charge in [-0.1, -0.05) is 18.2 Å². The van der Waals surface area contributed by atoms with Crippen molar-refractivity contribution in [1.29, 1.82) is 0 Å². The van der Waals surface area contributed by atoms with Gasteiger partial charge in [-0.15, -0.1) is 0 Å². The van der Waals surface area contributed by atoms with E-state index >= 15 is 0 Å². The topological polar surface area (TPSA) is 114 Å². The minimum atomic E-state index is -3.66. The molecule has 2 aromatic carbocycles. The number of para-hydroxylation sites is 1. The number of fused-ring (bicyclic) bond motifs is 1. The molecule has 130 valence electrons. The Kier molecular flexibility index (Phi) is 4.32. The van der Waals surface area contributed by atoms with Gasteiger partial charge in [0.05, 0.1) is 17.5 Å². The number of hydrogen-bond acceptors (Lipinski definition) is 6. The number of rotatable bonds is 5. The van der Waals surface area contributed by atoms with Gasteiger partial charge in [0.2, 0.25) is 16.4 Å². The molecule has 9 heteroatoms. The van der Waals surface area contributed by atoms with E-state index in [1.165, 1.54) is 6.07 Å². The molecule has 8 nitrogen and oxygen atoms in total. The Morgan fingerprint density at radius 2 is 2.04 bits per heavy atom. The van der Waals surface area contributed by atoms with Crippen LogP contribution in [0, 0.1) is 0 Å². The molecule has 2 aromatic rings. The molecule has 0 saturated heterocycles. The van der Waals surface area contributed by atoms with Crippen molar-refractivity contribution in [3.63, 3.8) is 0 Å². The minimum absolute atomic E-state index is 0.0234. The summed E-state index contributed by atoms with van der Waals surface area (Å²) >= 11 is 0. The van der Waals surface area contributed by atoms with Crippen LogP contribution in [0.3, 0.4) is 0 Å². The third kappa shape index (κ3) is 3.56. The Morgan fingerprint density at radius 3 is 2.68 bits per heavy atom. The Balaban J connectivity index is 2.17. The lowest BCUT2D eigenvalue weighted by molar-refractivity contribution is -0.106. The van der Waals surface area contributed by atoms with Crippen molar-refractivity contribution < 1.29 is 27.8 Å². The largest absolute Gasteiger partial charge is 0.507 e. The number of carbonyl (C=O) groups excluding carboxylic acids is 1. The van der Waals surface area contributed by atoms with Crippen LogP contribution in [0.1, 0.15) is 5.56 Å². The molecule has 0 atom stereocenters. The van der Waals surface area contributed by atoms with Crippen molar-refractivity contribution in [1.82, 2.24) is 0 Å². The van der Waals surface area contributed by atoms with Crippen LogP contribution in [-0.4, -0.2) is 38.5 Å². The number of aromatic hydroxyl groups is 1. The fourth-order valence-electron chi connectivity index (χ4n) is 2.40. The predicted octanol–water partition coefficient (Wildman–Crippen LogP) is 1.89. The molecule has 0 unspecified atom stereocenters. The minimum Gasteiger partial charge on any atom is -0.507 e. The van der Waals surface area contributed by atoms with Gasteiger partial charge in [0, 0.05) is 6.07 Å². The van der Waals surface area contributed by atoms with Crippen molar-refractivity contribution in [2.75, 3.05) is 17.6 Å². The fourth-order valence-corrected chi connectivity index (χ4v) is 2.97. The van der Waals surface area contributed by atoms with Crippen molar-refractivity contribution in [3.05, 3.63) is 42.0 Å². The first-order valence-corrected chi connectivity index (χ1v) is 9.02. The van der Waals surface area contributed by atoms with E-state index in [0.29, 0.717) is 12.2 Å². The van der Waals surface area contributed by atoms with E-state index in [4.69, 9.17) is 9.47 Å². The summed E-state index contributed by atoms with van der Waals surface area (Å²) < 4.78 is 36.9. The average Bonchev–Trinajstić information content (AvgIpc) is 2.96. The van der Waals surface area contributed by atoms with E-state index in [9.17, 15) is 18.3 Å². The van der Waals surface area contributed by atoms with Gasteiger partial charge in [-0.25, -0.2) is 13.4 Å². The third-order valence-corrected chi connectivity index (χ3v) is 3.91. The molecule has 1 amide bonds. The lowest BCUT2D eigenvalue weighted by Gasteiger charge is -2.16. The SMILES string of the molecule is CS(=O)(=O)Nc1c(Oc2ccccc2)cc(O)c2c1OCC2=NC=O. The maximum Gasteiger partial charge on any atom is 0.233 e. The molecule has 1 heterocycles. The molecule has 0 aromatic heterocycles. The molecule has 0 radical (unpaired) electrons. The van der Waals surface area contributed by atoms with Crippen LogP contribution in [0.5, 0.6) is 23.0 Å². The molecular formula is C16H14N2O6S. The first kappa shape index (κ1) is 16.8. The Morgan fingerprint density at radius 1 is 1.32 bits per heavy atom. The molecule has 0 fully saturated rings. The highest BCUT2D eigenvalue weighted by Gasteiger charge is 2.31. The smallest absolute Gasteiger partial charge is 0.233 e. The summed E-state index contributed by atoms with van der Waals surface area (Å²) in [5.41, 5.74) is 0.374. The Labute approximate surface area is 143 Å². The lowest BCUT2D eigenvalue weighted by atomic mass is 10.1. The Hall–Kier alpha value is -3.07. The Bertz CT molecular complexity index is 954. The number of amides is 1. The number of sulfonamides is 1. The van der Waals surface area contributed by atoms with Crippen LogP contribution in [-0.2, 0) is 14.8 Å². The van der Waals surface area contributed by atoms with Gasteiger partial charge in [-0.2, -0.15) is 0 Å². The quantitative estimate of drug-likeness (QED) is 0.620. The number of ether oxygens (including phenoxy) is 2. The summed E-state index contributed by atoms with van der Waals surface area (Å²) in [6.45, 7) is -0.0745. The molecular weight excluding hydrogens is 348 g/mol. The van der Waals surface area contributed by atoms with Crippen LogP contribution in [0.2, 0.25) is 0 Å². The van der Waals surface area contributed by atoms with Gasteiger partial charge >= 0.3 is 0 Å². The monoisotopic (exact) mass is 362 g/mol. The van der Waals surface area contributed by atoms with Crippen LogP contribution in [0.25, 0.3) is 0 Å². The summed E-state index contributed by atoms with van der Waals surface area (Å²) in [7, 11) is -3.66. The van der Waals surface area contributed by atoms with Gasteiger partial charge < -0.3 is 14.6 Å². The zero-order valence-electron chi connectivity index (χ0n) is 13.1. The average molecular weight is 362 g/mol. The van der Waals surface area contributed by atoms with E-state index in [2.05, 4.69) is 9.71 Å². The second-order valence-electron chi connectivity index (χ2n) is 5.23. The molecule has 2 N–H and O–H groups in total. The molecule has 25 heavy (non-hydrogen) atoms. The van der Waals surface area contributed by atoms with Crippen LogP contribution < -0.4 is 14.2 Å². The van der Waals surface area contributed by atoms with Crippen LogP contribution in [0.4, 0.5) is 5.69 Å². The summed E-state index contributed by atoms with van der Waals surface area (Å²) in [6.07, 6.45) is 1.30. The van der Waals surface area contributed by atoms with Gasteiger partial charge in [-0.05, 0) is 12.1 Å². The zero-order valence-corrected chi connectivity index (χ0v) is 13.9. The van der Waals surface area contributed by atoms with E-state index in [0.717, 1.165) is 6.26 Å². The summed E-state index contributed by atoms with van der Waals surface area (Å²) in [6, 6.07) is 9.89. The van der Waals surface area contributed by atoms with Gasteiger partial charge in [0.25, 0.3) is 0 Å². The number of aliphatic imine (C=N–C) groups is 1. The van der Waals surface area contributed by atoms with Crippen molar-refractivity contribution in [2.24, 2.45) is 4.99 Å². The van der Waals surface area contributed by atoms with Crippen molar-refractivity contribution in [3.8, 4) is 23.0 Å². The predicted molar refractivity (Wildman–Crippen MR) is 91.2 cm³/mol. The van der Waals surface area contributed by atoms with Crippen molar-refractivity contribution >= 4 is 27.8 Å². The molecule has 1 aliphatic rings. The first-order chi connectivity index (χ1) is 11.9. The number of nitrogens with zero attached hydrogens (tertiary/aromatic N) is 1. The number of hydrogen-bond donors (Lipinski definition) is 2. The van der Waals surface area contributed by atoms with Crippen molar-refractivity contribution in [2.45, 2.75) is 0 Å². The highest BCUT2D eigenvalue weighted by atomic mass is 32.2. The number of benzene rings is 2. The van der Waals surface area contributed by atoms with Crippen LogP contribution in [0.15, 0.2) is 41.4 Å². The van der Waals surface area contributed by atoms with E-state index in [-0.39, 0.29) is 40.8 Å². The molecule has 1 aliphatic heterocycles. The highest BCUT2D eigenvalue weighted by Crippen LogP contribution is 2.47. The summed E-state index contributed by atoms with van der Waals surface area (Å²) in [5, 5.41) is 10.3. The maximum atomic E-state index is 11.7.